The number of unbranched alkanes of at least 4 members (excludes halogenated alkanes) is 2. The molecule has 6 aliphatic rings. The highest BCUT2D eigenvalue weighted by atomic mass is 16.7. The van der Waals surface area contributed by atoms with Crippen LogP contribution in [0.15, 0.2) is 47.6 Å². The summed E-state index contributed by atoms with van der Waals surface area (Å²) >= 11 is 0. The van der Waals surface area contributed by atoms with Gasteiger partial charge in [-0.05, 0) is 84.5 Å². The Hall–Kier alpha value is -3.64. The topological polar surface area (TPSA) is 154 Å². The highest BCUT2D eigenvalue weighted by molar-refractivity contribution is 5.91. The van der Waals surface area contributed by atoms with E-state index in [4.69, 9.17) is 28.4 Å². The largest absolute Gasteiger partial charge is 0.455 e. The van der Waals surface area contributed by atoms with Crippen LogP contribution in [0.25, 0.3) is 0 Å². The van der Waals surface area contributed by atoms with E-state index in [1.54, 1.807) is 0 Å². The van der Waals surface area contributed by atoms with Crippen LogP contribution in [0.1, 0.15) is 84.5 Å². The second kappa shape index (κ2) is 14.7. The summed E-state index contributed by atoms with van der Waals surface area (Å²) in [6.45, 7) is 13.3. The highest BCUT2D eigenvalue weighted by Crippen LogP contribution is 2.51. The average molecular weight is 683 g/mol. The fourth-order valence-electron chi connectivity index (χ4n) is 7.75. The first-order chi connectivity index (χ1) is 23.5. The lowest BCUT2D eigenvalue weighted by atomic mass is 9.84. The lowest BCUT2D eigenvalue weighted by Crippen LogP contribution is -2.30. The zero-order chi connectivity index (χ0) is 34.8. The summed E-state index contributed by atoms with van der Waals surface area (Å²) in [4.78, 5) is 49.1. The van der Waals surface area contributed by atoms with E-state index in [1.807, 2.05) is 0 Å². The summed E-state index contributed by atoms with van der Waals surface area (Å²) in [5.41, 5.74) is 2.56. The van der Waals surface area contributed by atoms with Gasteiger partial charge in [0.15, 0.2) is 0 Å². The predicted molar refractivity (Wildman–Crippen MR) is 177 cm³/mol. The number of amides is 2. The maximum absolute atomic E-state index is 12.4. The second-order valence-electron chi connectivity index (χ2n) is 14.6. The van der Waals surface area contributed by atoms with Gasteiger partial charge in [0.1, 0.15) is 24.4 Å². The van der Waals surface area contributed by atoms with E-state index in [2.05, 4.69) is 49.8 Å². The molecule has 2 aliphatic carbocycles. The monoisotopic (exact) mass is 682 g/mol. The molecule has 4 aliphatic heterocycles. The van der Waals surface area contributed by atoms with E-state index in [1.165, 1.54) is 0 Å². The molecule has 0 bridgehead atoms. The van der Waals surface area contributed by atoms with Crippen molar-refractivity contribution in [2.45, 2.75) is 120 Å². The number of hydrogen-bond acceptors (Lipinski definition) is 10. The number of rotatable bonds is 10. The Balaban J connectivity index is 0.829. The SMILES string of the molecule is C=C1C(=O)O[C@H]2[C@H]1CC/C(CNC(=O)OCCCCCOC(=O)NC/C1=C/CC[C@@]3(C)O[C@H]3[C@H]3OC(=O)C(=C)[C@@H]3CC1)=C\CC[C@@]1(C)O[C@@H]21. The Morgan fingerprint density at radius 3 is 1.61 bits per heavy atom. The lowest BCUT2D eigenvalue weighted by molar-refractivity contribution is -0.140. The van der Waals surface area contributed by atoms with Crippen LogP contribution in [0, 0.1) is 11.8 Å². The number of ether oxygens (including phenoxy) is 6. The van der Waals surface area contributed by atoms with Gasteiger partial charge in [-0.25, -0.2) is 19.2 Å². The number of nitrogens with one attached hydrogen (secondary N) is 2. The van der Waals surface area contributed by atoms with Crippen LogP contribution in [0.3, 0.4) is 0 Å². The number of alkyl carbamates (subject to hydrolysis) is 2. The quantitative estimate of drug-likeness (QED) is 0.0793. The number of epoxide rings is 2. The first-order valence-corrected chi connectivity index (χ1v) is 17.8. The van der Waals surface area contributed by atoms with Gasteiger partial charge in [0.05, 0.1) is 24.4 Å². The molecule has 4 saturated heterocycles. The first kappa shape index (κ1) is 35.2. The Morgan fingerprint density at radius 1 is 0.755 bits per heavy atom. The molecule has 0 spiro atoms. The fraction of sp³-hybridized carbons (Fsp3) is 0.676. The molecule has 0 radical (unpaired) electrons. The van der Waals surface area contributed by atoms with Crippen molar-refractivity contribution in [1.29, 1.82) is 0 Å². The van der Waals surface area contributed by atoms with Gasteiger partial charge >= 0.3 is 24.1 Å². The molecule has 12 heteroatoms. The predicted octanol–water partition coefficient (Wildman–Crippen LogP) is 5.12. The minimum absolute atomic E-state index is 0.0834. The van der Waals surface area contributed by atoms with Crippen LogP contribution >= 0.6 is 0 Å². The van der Waals surface area contributed by atoms with E-state index in [0.29, 0.717) is 49.9 Å². The number of carbonyl (C=O) groups is 4. The summed E-state index contributed by atoms with van der Waals surface area (Å²) in [7, 11) is 0. The van der Waals surface area contributed by atoms with Gasteiger partial charge in [0, 0.05) is 36.1 Å². The maximum atomic E-state index is 12.4. The van der Waals surface area contributed by atoms with E-state index in [9.17, 15) is 19.2 Å². The molecule has 0 aromatic carbocycles. The third kappa shape index (κ3) is 8.23. The van der Waals surface area contributed by atoms with Gasteiger partial charge in [-0.1, -0.05) is 36.5 Å². The van der Waals surface area contributed by atoms with E-state index in [-0.39, 0.29) is 72.6 Å². The Bertz CT molecular complexity index is 1320. The first-order valence-electron chi connectivity index (χ1n) is 17.8. The third-order valence-corrected chi connectivity index (χ3v) is 11.1. The summed E-state index contributed by atoms with van der Waals surface area (Å²) in [5, 5.41) is 5.69. The van der Waals surface area contributed by atoms with Gasteiger partial charge in [-0.15, -0.1) is 0 Å². The summed E-state index contributed by atoms with van der Waals surface area (Å²) in [6.07, 6.45) is 10.7. The number of esters is 2. The van der Waals surface area contributed by atoms with Crippen LogP contribution < -0.4 is 10.6 Å². The van der Waals surface area contributed by atoms with Crippen molar-refractivity contribution in [3.05, 3.63) is 47.6 Å². The number of allylic oxidation sites excluding steroid dienone is 2. The van der Waals surface area contributed by atoms with Crippen molar-refractivity contribution in [3.8, 4) is 0 Å². The van der Waals surface area contributed by atoms with Gasteiger partial charge in [-0.3, -0.25) is 0 Å². The summed E-state index contributed by atoms with van der Waals surface area (Å²) < 4.78 is 33.8. The van der Waals surface area contributed by atoms with E-state index < -0.39 is 12.2 Å². The molecule has 0 saturated carbocycles. The summed E-state index contributed by atoms with van der Waals surface area (Å²) in [6, 6.07) is 0. The van der Waals surface area contributed by atoms with Crippen molar-refractivity contribution in [2.24, 2.45) is 11.8 Å². The zero-order valence-corrected chi connectivity index (χ0v) is 28.7. The standard InChI is InChI=1S/C37H50N2O10/c1-22-26-14-12-24(10-8-16-36(3)30(48-36)28(26)46-32(22)40)20-38-34(42)44-18-6-5-7-19-45-35(43)39-21-25-11-9-17-37(4)31(49-37)29-27(15-13-25)23(2)33(41)47-29/h10-11,26-31H,1-2,5-9,12-21H2,3-4H3,(H,38,42)(H,39,43)/b24-10+,25-11+/t26-,27-,28-,29-,30-,31-,36+,37+/m0/s1. The van der Waals surface area contributed by atoms with Crippen LogP contribution in [-0.2, 0) is 38.0 Å². The van der Waals surface area contributed by atoms with Crippen LogP contribution in [0.4, 0.5) is 9.59 Å². The molecule has 2 amide bonds. The summed E-state index contributed by atoms with van der Waals surface area (Å²) in [5.74, 6) is -0.855. The molecule has 268 valence electrons. The van der Waals surface area contributed by atoms with E-state index >= 15 is 0 Å². The van der Waals surface area contributed by atoms with Gasteiger partial charge in [0.2, 0.25) is 0 Å². The molecule has 4 heterocycles. The van der Waals surface area contributed by atoms with Crippen molar-refractivity contribution >= 4 is 24.1 Å². The number of fused-ring (bicyclic) bond motifs is 6. The van der Waals surface area contributed by atoms with E-state index in [0.717, 1.165) is 56.1 Å². The van der Waals surface area contributed by atoms with Crippen molar-refractivity contribution in [2.75, 3.05) is 26.3 Å². The fourth-order valence-corrected chi connectivity index (χ4v) is 7.75. The maximum Gasteiger partial charge on any atom is 0.407 e. The molecule has 0 unspecified atom stereocenters. The minimum atomic E-state index is -0.479. The van der Waals surface area contributed by atoms with Gasteiger partial charge < -0.3 is 39.1 Å². The average Bonchev–Trinajstić information content (AvgIpc) is 3.88. The smallest absolute Gasteiger partial charge is 0.407 e. The van der Waals surface area contributed by atoms with Crippen LogP contribution in [0.5, 0.6) is 0 Å². The van der Waals surface area contributed by atoms with Crippen molar-refractivity contribution in [1.82, 2.24) is 10.6 Å². The zero-order valence-electron chi connectivity index (χ0n) is 28.7. The van der Waals surface area contributed by atoms with Crippen molar-refractivity contribution in [3.63, 3.8) is 0 Å². The normalized spacial score (nSPS) is 37.3. The number of hydrogen-bond donors (Lipinski definition) is 2. The third-order valence-electron chi connectivity index (χ3n) is 11.1. The van der Waals surface area contributed by atoms with Crippen LogP contribution in [0.2, 0.25) is 0 Å². The molecule has 49 heavy (non-hydrogen) atoms. The molecule has 6 rings (SSSR count). The minimum Gasteiger partial charge on any atom is -0.455 e. The molecule has 0 aromatic rings. The molecular formula is C37H50N2O10. The molecule has 12 nitrogen and oxygen atoms in total. The molecule has 2 N–H and O–H groups in total. The Morgan fingerprint density at radius 2 is 1.18 bits per heavy atom. The second-order valence-corrected chi connectivity index (χ2v) is 14.6. The Labute approximate surface area is 288 Å². The lowest BCUT2D eigenvalue weighted by Gasteiger charge is -2.20. The molecule has 8 atom stereocenters. The molecular weight excluding hydrogens is 632 g/mol. The highest BCUT2D eigenvalue weighted by Gasteiger charge is 2.62. The number of carbonyl (C=O) groups excluding carboxylic acids is 4. The molecule has 4 fully saturated rings. The van der Waals surface area contributed by atoms with Crippen LogP contribution in [-0.4, -0.2) is 86.0 Å². The van der Waals surface area contributed by atoms with Crippen molar-refractivity contribution < 1.29 is 47.6 Å². The van der Waals surface area contributed by atoms with Gasteiger partial charge in [0.25, 0.3) is 0 Å². The molecule has 0 aromatic heterocycles. The van der Waals surface area contributed by atoms with Gasteiger partial charge in [-0.2, -0.15) is 0 Å². The Kier molecular flexibility index (Phi) is 10.5.